The Morgan fingerprint density at radius 1 is 1.39 bits per heavy atom. The second-order valence-corrected chi connectivity index (χ2v) is 5.44. The third-order valence-electron chi connectivity index (χ3n) is 3.78. The van der Waals surface area contributed by atoms with Gasteiger partial charge in [0.15, 0.2) is 0 Å². The minimum atomic E-state index is 0.0608. The SMILES string of the molecule is CCCC1CCCCN1c1c(Cl)cccc1CO. The van der Waals surface area contributed by atoms with Crippen molar-refractivity contribution in [3.63, 3.8) is 0 Å². The molecule has 1 N–H and O–H groups in total. The fraction of sp³-hybridized carbons (Fsp3) is 0.600. The van der Waals surface area contributed by atoms with Gasteiger partial charge in [-0.05, 0) is 31.7 Å². The molecular formula is C15H22ClNO. The van der Waals surface area contributed by atoms with Crippen LogP contribution >= 0.6 is 11.6 Å². The van der Waals surface area contributed by atoms with E-state index in [9.17, 15) is 5.11 Å². The molecule has 0 saturated carbocycles. The Morgan fingerprint density at radius 2 is 2.22 bits per heavy atom. The number of halogens is 1. The van der Waals surface area contributed by atoms with Crippen LogP contribution in [-0.4, -0.2) is 17.7 Å². The normalized spacial score (nSPS) is 20.2. The number of rotatable bonds is 4. The molecule has 1 aliphatic rings. The van der Waals surface area contributed by atoms with Crippen LogP contribution in [-0.2, 0) is 6.61 Å². The highest BCUT2D eigenvalue weighted by Gasteiger charge is 2.25. The van der Waals surface area contributed by atoms with Crippen molar-refractivity contribution in [1.82, 2.24) is 0 Å². The zero-order valence-electron chi connectivity index (χ0n) is 11.0. The Kier molecular flexibility index (Phi) is 4.90. The summed E-state index contributed by atoms with van der Waals surface area (Å²) in [4.78, 5) is 2.42. The predicted molar refractivity (Wildman–Crippen MR) is 77.3 cm³/mol. The van der Waals surface area contributed by atoms with Crippen LogP contribution in [0.25, 0.3) is 0 Å². The van der Waals surface area contributed by atoms with E-state index in [1.807, 2.05) is 18.2 Å². The van der Waals surface area contributed by atoms with Crippen LogP contribution in [0, 0.1) is 0 Å². The van der Waals surface area contributed by atoms with Crippen LogP contribution in [0.2, 0.25) is 5.02 Å². The number of benzene rings is 1. The molecule has 1 aromatic rings. The molecule has 1 heterocycles. The molecule has 1 unspecified atom stereocenters. The molecule has 1 saturated heterocycles. The minimum absolute atomic E-state index is 0.0608. The maximum atomic E-state index is 9.50. The second kappa shape index (κ2) is 6.44. The lowest BCUT2D eigenvalue weighted by atomic mass is 9.96. The zero-order valence-corrected chi connectivity index (χ0v) is 11.8. The summed E-state index contributed by atoms with van der Waals surface area (Å²) in [5, 5.41) is 10.3. The van der Waals surface area contributed by atoms with Gasteiger partial charge < -0.3 is 10.0 Å². The Balaban J connectivity index is 2.32. The van der Waals surface area contributed by atoms with Crippen molar-refractivity contribution >= 4 is 17.3 Å². The molecule has 0 amide bonds. The van der Waals surface area contributed by atoms with E-state index in [0.717, 1.165) is 22.8 Å². The number of para-hydroxylation sites is 1. The van der Waals surface area contributed by atoms with E-state index in [2.05, 4.69) is 11.8 Å². The molecule has 1 fully saturated rings. The van der Waals surface area contributed by atoms with Gasteiger partial charge in [0.05, 0.1) is 17.3 Å². The highest BCUT2D eigenvalue weighted by Crippen LogP contribution is 2.35. The van der Waals surface area contributed by atoms with E-state index in [4.69, 9.17) is 11.6 Å². The van der Waals surface area contributed by atoms with Crippen LogP contribution in [0.4, 0.5) is 5.69 Å². The van der Waals surface area contributed by atoms with Crippen molar-refractivity contribution < 1.29 is 5.11 Å². The van der Waals surface area contributed by atoms with E-state index in [-0.39, 0.29) is 6.61 Å². The molecule has 18 heavy (non-hydrogen) atoms. The monoisotopic (exact) mass is 267 g/mol. The lowest BCUT2D eigenvalue weighted by Gasteiger charge is -2.39. The number of aliphatic hydroxyl groups is 1. The summed E-state index contributed by atoms with van der Waals surface area (Å²) in [5.41, 5.74) is 2.00. The molecule has 0 radical (unpaired) electrons. The predicted octanol–water partition coefficient (Wildman–Crippen LogP) is 3.99. The lowest BCUT2D eigenvalue weighted by molar-refractivity contribution is 0.281. The first-order valence-corrected chi connectivity index (χ1v) is 7.30. The Bertz CT molecular complexity index is 392. The highest BCUT2D eigenvalue weighted by atomic mass is 35.5. The van der Waals surface area contributed by atoms with Gasteiger partial charge in [-0.3, -0.25) is 0 Å². The van der Waals surface area contributed by atoms with E-state index in [1.54, 1.807) is 0 Å². The van der Waals surface area contributed by atoms with Crippen LogP contribution in [0.15, 0.2) is 18.2 Å². The largest absolute Gasteiger partial charge is 0.392 e. The van der Waals surface area contributed by atoms with E-state index in [0.29, 0.717) is 6.04 Å². The number of hydrogen-bond acceptors (Lipinski definition) is 2. The van der Waals surface area contributed by atoms with Crippen molar-refractivity contribution in [1.29, 1.82) is 0 Å². The van der Waals surface area contributed by atoms with E-state index >= 15 is 0 Å². The van der Waals surface area contributed by atoms with Crippen molar-refractivity contribution in [2.45, 2.75) is 51.7 Å². The molecule has 0 bridgehead atoms. The van der Waals surface area contributed by atoms with Crippen LogP contribution in [0.1, 0.15) is 44.6 Å². The quantitative estimate of drug-likeness (QED) is 0.892. The number of anilines is 1. The standard InChI is InChI=1S/C15H22ClNO/c1-2-6-13-8-3-4-10-17(13)15-12(11-18)7-5-9-14(15)16/h5,7,9,13,18H,2-4,6,8,10-11H2,1H3. The van der Waals surface area contributed by atoms with Gasteiger partial charge in [-0.25, -0.2) is 0 Å². The molecule has 2 nitrogen and oxygen atoms in total. The summed E-state index contributed by atoms with van der Waals surface area (Å²) in [6.07, 6.45) is 6.16. The Morgan fingerprint density at radius 3 is 2.94 bits per heavy atom. The minimum Gasteiger partial charge on any atom is -0.392 e. The molecule has 0 aromatic heterocycles. The summed E-state index contributed by atoms with van der Waals surface area (Å²) >= 11 is 6.35. The first-order chi connectivity index (χ1) is 8.77. The van der Waals surface area contributed by atoms with Crippen LogP contribution < -0.4 is 4.90 Å². The molecule has 1 atom stereocenters. The molecule has 2 rings (SSSR count). The van der Waals surface area contributed by atoms with Gasteiger partial charge in [-0.2, -0.15) is 0 Å². The lowest BCUT2D eigenvalue weighted by Crippen LogP contribution is -2.40. The second-order valence-electron chi connectivity index (χ2n) is 5.04. The fourth-order valence-electron chi connectivity index (χ4n) is 2.94. The summed E-state index contributed by atoms with van der Waals surface area (Å²) in [6, 6.07) is 6.39. The average molecular weight is 268 g/mol. The number of piperidine rings is 1. The Labute approximate surface area is 115 Å². The van der Waals surface area contributed by atoms with Crippen molar-refractivity contribution in [2.24, 2.45) is 0 Å². The number of hydrogen-bond donors (Lipinski definition) is 1. The topological polar surface area (TPSA) is 23.5 Å². The average Bonchev–Trinajstić information content (AvgIpc) is 2.40. The van der Waals surface area contributed by atoms with Gasteiger partial charge in [0.25, 0.3) is 0 Å². The van der Waals surface area contributed by atoms with E-state index < -0.39 is 0 Å². The first kappa shape index (κ1) is 13.7. The van der Waals surface area contributed by atoms with Gasteiger partial charge in [0.2, 0.25) is 0 Å². The number of aliphatic hydroxyl groups excluding tert-OH is 1. The van der Waals surface area contributed by atoms with Crippen LogP contribution in [0.3, 0.4) is 0 Å². The summed E-state index contributed by atoms with van der Waals surface area (Å²) in [7, 11) is 0. The summed E-state index contributed by atoms with van der Waals surface area (Å²) in [6.45, 7) is 3.35. The molecule has 1 aromatic carbocycles. The maximum absolute atomic E-state index is 9.50. The van der Waals surface area contributed by atoms with Gasteiger partial charge in [0.1, 0.15) is 0 Å². The third kappa shape index (κ3) is 2.81. The maximum Gasteiger partial charge on any atom is 0.0702 e. The molecule has 1 aliphatic heterocycles. The number of nitrogens with zero attached hydrogens (tertiary/aromatic N) is 1. The van der Waals surface area contributed by atoms with Gasteiger partial charge in [-0.15, -0.1) is 0 Å². The Hall–Kier alpha value is -0.730. The third-order valence-corrected chi connectivity index (χ3v) is 4.08. The van der Waals surface area contributed by atoms with Crippen molar-refractivity contribution in [3.8, 4) is 0 Å². The van der Waals surface area contributed by atoms with Crippen LogP contribution in [0.5, 0.6) is 0 Å². The zero-order chi connectivity index (χ0) is 13.0. The van der Waals surface area contributed by atoms with Crippen molar-refractivity contribution in [3.05, 3.63) is 28.8 Å². The molecule has 0 spiro atoms. The first-order valence-electron chi connectivity index (χ1n) is 6.92. The molecule has 100 valence electrons. The fourth-order valence-corrected chi connectivity index (χ4v) is 3.24. The summed E-state index contributed by atoms with van der Waals surface area (Å²) in [5.74, 6) is 0. The molecule has 3 heteroatoms. The van der Waals surface area contributed by atoms with Crippen molar-refractivity contribution in [2.75, 3.05) is 11.4 Å². The molecule has 0 aliphatic carbocycles. The van der Waals surface area contributed by atoms with Gasteiger partial charge in [0, 0.05) is 18.2 Å². The highest BCUT2D eigenvalue weighted by molar-refractivity contribution is 6.33. The smallest absolute Gasteiger partial charge is 0.0702 e. The van der Waals surface area contributed by atoms with Gasteiger partial charge in [-0.1, -0.05) is 37.1 Å². The summed E-state index contributed by atoms with van der Waals surface area (Å²) < 4.78 is 0. The van der Waals surface area contributed by atoms with Gasteiger partial charge >= 0.3 is 0 Å². The van der Waals surface area contributed by atoms with E-state index in [1.165, 1.54) is 32.1 Å². The molecular weight excluding hydrogens is 246 g/mol.